The van der Waals surface area contributed by atoms with Crippen LogP contribution in [0.2, 0.25) is 5.02 Å². The van der Waals surface area contributed by atoms with E-state index in [0.29, 0.717) is 22.6 Å². The second-order valence-corrected chi connectivity index (χ2v) is 9.12. The van der Waals surface area contributed by atoms with Gasteiger partial charge in [0.05, 0.1) is 11.6 Å². The van der Waals surface area contributed by atoms with Crippen molar-refractivity contribution in [1.82, 2.24) is 9.21 Å². The molecular formula is C15H18BrClN2O4S. The van der Waals surface area contributed by atoms with E-state index < -0.39 is 10.0 Å². The molecule has 0 unspecified atom stereocenters. The minimum absolute atomic E-state index is 0.0337. The topological polar surface area (TPSA) is 66.9 Å². The van der Waals surface area contributed by atoms with E-state index in [-0.39, 0.29) is 35.6 Å². The molecule has 2 aliphatic rings. The number of piperazine rings is 1. The highest BCUT2D eigenvalue weighted by atomic mass is 79.9. The lowest BCUT2D eigenvalue weighted by atomic mass is 10.3. The van der Waals surface area contributed by atoms with Crippen LogP contribution in [0.15, 0.2) is 21.5 Å². The van der Waals surface area contributed by atoms with E-state index >= 15 is 0 Å². The molecule has 0 atom stereocenters. The third-order valence-corrected chi connectivity index (χ3v) is 6.98. The molecule has 0 bridgehead atoms. The Hall–Kier alpha value is -0.830. The van der Waals surface area contributed by atoms with Gasteiger partial charge in [-0.2, -0.15) is 4.31 Å². The number of sulfonamides is 1. The van der Waals surface area contributed by atoms with Crippen molar-refractivity contribution in [2.75, 3.05) is 33.3 Å². The van der Waals surface area contributed by atoms with Gasteiger partial charge >= 0.3 is 0 Å². The number of amides is 1. The summed E-state index contributed by atoms with van der Waals surface area (Å²) >= 11 is 9.29. The monoisotopic (exact) mass is 436 g/mol. The second kappa shape index (κ2) is 6.82. The summed E-state index contributed by atoms with van der Waals surface area (Å²) in [6.45, 7) is 1.37. The van der Waals surface area contributed by atoms with E-state index in [1.807, 2.05) is 0 Å². The van der Waals surface area contributed by atoms with Crippen molar-refractivity contribution in [3.63, 3.8) is 0 Å². The summed E-state index contributed by atoms with van der Waals surface area (Å²) < 4.78 is 33.0. The van der Waals surface area contributed by atoms with Gasteiger partial charge in [0.15, 0.2) is 5.75 Å². The van der Waals surface area contributed by atoms with Crippen LogP contribution in [-0.4, -0.2) is 56.8 Å². The Bertz CT molecular complexity index is 759. The largest absolute Gasteiger partial charge is 0.494 e. The highest BCUT2D eigenvalue weighted by Gasteiger charge is 2.37. The van der Waals surface area contributed by atoms with Crippen LogP contribution in [0, 0.1) is 5.92 Å². The van der Waals surface area contributed by atoms with Crippen molar-refractivity contribution in [3.8, 4) is 5.75 Å². The third-order valence-electron chi connectivity index (χ3n) is 4.27. The predicted molar refractivity (Wildman–Crippen MR) is 93.8 cm³/mol. The molecule has 9 heteroatoms. The van der Waals surface area contributed by atoms with Crippen LogP contribution in [0.25, 0.3) is 0 Å². The van der Waals surface area contributed by atoms with Gasteiger partial charge in [0.25, 0.3) is 0 Å². The third kappa shape index (κ3) is 3.42. The van der Waals surface area contributed by atoms with Crippen LogP contribution >= 0.6 is 27.5 Å². The molecule has 1 heterocycles. The molecule has 1 aromatic carbocycles. The van der Waals surface area contributed by atoms with Crippen LogP contribution in [0.1, 0.15) is 12.8 Å². The normalized spacial score (nSPS) is 19.4. The summed E-state index contributed by atoms with van der Waals surface area (Å²) in [6, 6.07) is 2.98. The zero-order chi connectivity index (χ0) is 17.5. The van der Waals surface area contributed by atoms with Crippen LogP contribution < -0.4 is 4.74 Å². The number of ether oxygens (including phenoxy) is 1. The molecule has 132 valence electrons. The molecule has 24 heavy (non-hydrogen) atoms. The molecule has 0 N–H and O–H groups in total. The van der Waals surface area contributed by atoms with E-state index in [1.54, 1.807) is 11.0 Å². The maximum Gasteiger partial charge on any atom is 0.246 e. The molecule has 1 saturated heterocycles. The number of methoxy groups -OCH3 is 1. The fourth-order valence-corrected chi connectivity index (χ4v) is 5.60. The van der Waals surface area contributed by atoms with Gasteiger partial charge in [-0.1, -0.05) is 11.6 Å². The van der Waals surface area contributed by atoms with Gasteiger partial charge in [0, 0.05) is 37.1 Å². The lowest BCUT2D eigenvalue weighted by Gasteiger charge is -2.34. The maximum atomic E-state index is 13.0. The summed E-state index contributed by atoms with van der Waals surface area (Å²) in [5.41, 5.74) is 0. The standard InChI is InChI=1S/C15H18BrClN2O4S/c1-23-14-12(16)8-11(17)9-13(14)24(21,22)19-6-4-18(5-7-19)15(20)10-2-3-10/h8-10H,2-7H2,1H3. The van der Waals surface area contributed by atoms with E-state index in [2.05, 4.69) is 15.9 Å². The summed E-state index contributed by atoms with van der Waals surface area (Å²) in [5.74, 6) is 0.531. The molecule has 1 aromatic rings. The SMILES string of the molecule is COc1c(Br)cc(Cl)cc1S(=O)(=O)N1CCN(C(=O)C2CC2)CC1. The van der Waals surface area contributed by atoms with E-state index in [4.69, 9.17) is 16.3 Å². The number of nitrogens with zero attached hydrogens (tertiary/aromatic N) is 2. The van der Waals surface area contributed by atoms with Gasteiger partial charge in [-0.25, -0.2) is 8.42 Å². The average molecular weight is 438 g/mol. The highest BCUT2D eigenvalue weighted by Crippen LogP contribution is 2.37. The number of carbonyl (C=O) groups is 1. The first-order valence-electron chi connectivity index (χ1n) is 7.66. The van der Waals surface area contributed by atoms with Gasteiger partial charge in [0.1, 0.15) is 4.90 Å². The Labute approximate surface area is 154 Å². The second-order valence-electron chi connectivity index (χ2n) is 5.92. The highest BCUT2D eigenvalue weighted by molar-refractivity contribution is 9.10. The molecule has 0 spiro atoms. The minimum Gasteiger partial charge on any atom is -0.494 e. The van der Waals surface area contributed by atoms with Crippen molar-refractivity contribution in [3.05, 3.63) is 21.6 Å². The number of carbonyl (C=O) groups excluding carboxylic acids is 1. The molecule has 1 amide bonds. The first-order chi connectivity index (χ1) is 11.3. The van der Waals surface area contributed by atoms with Crippen LogP contribution in [0.5, 0.6) is 5.75 Å². The van der Waals surface area contributed by atoms with Crippen LogP contribution in [-0.2, 0) is 14.8 Å². The Morgan fingerprint density at radius 3 is 2.42 bits per heavy atom. The van der Waals surface area contributed by atoms with Crippen molar-refractivity contribution < 1.29 is 17.9 Å². The lowest BCUT2D eigenvalue weighted by Crippen LogP contribution is -2.50. The van der Waals surface area contributed by atoms with Gasteiger partial charge in [-0.3, -0.25) is 4.79 Å². The molecule has 1 aliphatic heterocycles. The Morgan fingerprint density at radius 2 is 1.88 bits per heavy atom. The summed E-state index contributed by atoms with van der Waals surface area (Å²) in [5, 5.41) is 0.309. The zero-order valence-electron chi connectivity index (χ0n) is 13.2. The van der Waals surface area contributed by atoms with E-state index in [1.165, 1.54) is 17.5 Å². The Balaban J connectivity index is 1.81. The molecule has 1 aliphatic carbocycles. The molecule has 0 aromatic heterocycles. The molecular weight excluding hydrogens is 420 g/mol. The number of rotatable bonds is 4. The lowest BCUT2D eigenvalue weighted by molar-refractivity contribution is -0.133. The average Bonchev–Trinajstić information content (AvgIpc) is 3.38. The molecule has 1 saturated carbocycles. The van der Waals surface area contributed by atoms with Crippen molar-refractivity contribution in [1.29, 1.82) is 0 Å². The van der Waals surface area contributed by atoms with Crippen molar-refractivity contribution in [2.45, 2.75) is 17.7 Å². The molecule has 2 fully saturated rings. The van der Waals surface area contributed by atoms with Crippen LogP contribution in [0.3, 0.4) is 0 Å². The fourth-order valence-electron chi connectivity index (χ4n) is 2.80. The van der Waals surface area contributed by atoms with E-state index in [0.717, 1.165) is 12.8 Å². The first kappa shape index (κ1) is 18.0. The summed E-state index contributed by atoms with van der Waals surface area (Å²) in [4.78, 5) is 13.9. The zero-order valence-corrected chi connectivity index (χ0v) is 16.3. The van der Waals surface area contributed by atoms with E-state index in [9.17, 15) is 13.2 Å². The number of benzene rings is 1. The van der Waals surface area contributed by atoms with Gasteiger partial charge < -0.3 is 9.64 Å². The summed E-state index contributed by atoms with van der Waals surface area (Å²) in [7, 11) is -2.33. The van der Waals surface area contributed by atoms with Crippen molar-refractivity contribution >= 4 is 43.5 Å². The number of hydrogen-bond acceptors (Lipinski definition) is 4. The minimum atomic E-state index is -3.75. The molecule has 3 rings (SSSR count). The van der Waals surface area contributed by atoms with Gasteiger partial charge in [-0.15, -0.1) is 0 Å². The number of hydrogen-bond donors (Lipinski definition) is 0. The predicted octanol–water partition coefficient (Wildman–Crippen LogP) is 2.35. The summed E-state index contributed by atoms with van der Waals surface area (Å²) in [6.07, 6.45) is 1.90. The fraction of sp³-hybridized carbons (Fsp3) is 0.533. The van der Waals surface area contributed by atoms with Crippen LogP contribution in [0.4, 0.5) is 0 Å². The molecule has 6 nitrogen and oxygen atoms in total. The van der Waals surface area contributed by atoms with Gasteiger partial charge in [0.2, 0.25) is 15.9 Å². The van der Waals surface area contributed by atoms with Gasteiger partial charge in [-0.05, 0) is 40.9 Å². The number of halogens is 2. The Kier molecular flexibility index (Phi) is 5.11. The Morgan fingerprint density at radius 1 is 1.25 bits per heavy atom. The first-order valence-corrected chi connectivity index (χ1v) is 10.3. The molecule has 0 radical (unpaired) electrons. The van der Waals surface area contributed by atoms with Crippen molar-refractivity contribution in [2.24, 2.45) is 5.92 Å². The quantitative estimate of drug-likeness (QED) is 0.725. The smallest absolute Gasteiger partial charge is 0.246 e. The maximum absolute atomic E-state index is 13.0.